The Balaban J connectivity index is 2.10. The molecule has 0 saturated heterocycles. The van der Waals surface area contributed by atoms with Gasteiger partial charge in [-0.3, -0.25) is 4.98 Å². The molecule has 0 saturated carbocycles. The van der Waals surface area contributed by atoms with Crippen LogP contribution in [0.5, 0.6) is 0 Å². The van der Waals surface area contributed by atoms with Gasteiger partial charge in [-0.1, -0.05) is 13.0 Å². The van der Waals surface area contributed by atoms with Gasteiger partial charge < -0.3 is 5.32 Å². The third kappa shape index (κ3) is 3.90. The molecule has 18 heavy (non-hydrogen) atoms. The lowest BCUT2D eigenvalue weighted by atomic mass is 10.1. The largest absolute Gasteiger partial charge is 0.309 e. The first-order valence-corrected chi connectivity index (χ1v) is 7.84. The van der Waals surface area contributed by atoms with E-state index in [0.717, 1.165) is 29.6 Å². The summed E-state index contributed by atoms with van der Waals surface area (Å²) in [5.41, 5.74) is 1.13. The minimum atomic E-state index is 0.358. The van der Waals surface area contributed by atoms with Crippen LogP contribution >= 0.6 is 27.3 Å². The third-order valence-corrected chi connectivity index (χ3v) is 4.52. The first-order valence-electron chi connectivity index (χ1n) is 6.17. The van der Waals surface area contributed by atoms with Crippen molar-refractivity contribution in [3.8, 4) is 0 Å². The molecule has 0 radical (unpaired) electrons. The second-order valence-corrected chi connectivity index (χ2v) is 6.06. The number of thiophene rings is 1. The van der Waals surface area contributed by atoms with E-state index in [2.05, 4.69) is 50.7 Å². The van der Waals surface area contributed by atoms with Crippen LogP contribution in [-0.4, -0.2) is 11.5 Å². The normalized spacial score (nSPS) is 12.6. The summed E-state index contributed by atoms with van der Waals surface area (Å²) in [6, 6.07) is 8.64. The highest BCUT2D eigenvalue weighted by Gasteiger charge is 2.14. The Morgan fingerprint density at radius 3 is 2.94 bits per heavy atom. The SMILES string of the molecule is CCCNC(Cc1ccccn1)c1cc(Br)cs1. The quantitative estimate of drug-likeness (QED) is 0.861. The molecule has 4 heteroatoms. The number of hydrogen-bond acceptors (Lipinski definition) is 3. The maximum atomic E-state index is 4.41. The number of rotatable bonds is 6. The van der Waals surface area contributed by atoms with Gasteiger partial charge in [-0.25, -0.2) is 0 Å². The number of hydrogen-bond donors (Lipinski definition) is 1. The maximum Gasteiger partial charge on any atom is 0.0471 e. The topological polar surface area (TPSA) is 24.9 Å². The molecule has 2 heterocycles. The van der Waals surface area contributed by atoms with Crippen molar-refractivity contribution in [2.75, 3.05) is 6.54 Å². The van der Waals surface area contributed by atoms with Gasteiger partial charge in [0.2, 0.25) is 0 Å². The van der Waals surface area contributed by atoms with Gasteiger partial charge in [0, 0.05) is 39.1 Å². The van der Waals surface area contributed by atoms with Crippen LogP contribution < -0.4 is 5.32 Å². The van der Waals surface area contributed by atoms with Gasteiger partial charge in [-0.05, 0) is 47.1 Å². The van der Waals surface area contributed by atoms with Gasteiger partial charge in [-0.15, -0.1) is 11.3 Å². The third-order valence-electron chi connectivity index (χ3n) is 2.71. The molecule has 2 nitrogen and oxygen atoms in total. The predicted molar refractivity (Wildman–Crippen MR) is 81.0 cm³/mol. The summed E-state index contributed by atoms with van der Waals surface area (Å²) >= 11 is 5.31. The van der Waals surface area contributed by atoms with Gasteiger partial charge in [0.05, 0.1) is 0 Å². The Hall–Kier alpha value is -0.710. The van der Waals surface area contributed by atoms with E-state index in [1.54, 1.807) is 11.3 Å². The molecule has 2 aromatic rings. The molecule has 0 aliphatic rings. The van der Waals surface area contributed by atoms with Crippen molar-refractivity contribution < 1.29 is 0 Å². The van der Waals surface area contributed by atoms with Crippen molar-refractivity contribution in [2.45, 2.75) is 25.8 Å². The van der Waals surface area contributed by atoms with Crippen molar-refractivity contribution in [3.05, 3.63) is 50.9 Å². The van der Waals surface area contributed by atoms with Crippen molar-refractivity contribution in [1.29, 1.82) is 0 Å². The number of nitrogens with zero attached hydrogens (tertiary/aromatic N) is 1. The highest BCUT2D eigenvalue weighted by atomic mass is 79.9. The van der Waals surface area contributed by atoms with E-state index in [1.165, 1.54) is 4.88 Å². The van der Waals surface area contributed by atoms with E-state index in [4.69, 9.17) is 0 Å². The number of aromatic nitrogens is 1. The van der Waals surface area contributed by atoms with Gasteiger partial charge in [0.25, 0.3) is 0 Å². The highest BCUT2D eigenvalue weighted by molar-refractivity contribution is 9.10. The number of nitrogens with one attached hydrogen (secondary N) is 1. The van der Waals surface area contributed by atoms with Gasteiger partial charge in [0.15, 0.2) is 0 Å². The van der Waals surface area contributed by atoms with Crippen molar-refractivity contribution in [3.63, 3.8) is 0 Å². The lowest BCUT2D eigenvalue weighted by Gasteiger charge is -2.16. The minimum Gasteiger partial charge on any atom is -0.309 e. The van der Waals surface area contributed by atoms with Gasteiger partial charge in [0.1, 0.15) is 0 Å². The van der Waals surface area contributed by atoms with E-state index in [-0.39, 0.29) is 0 Å². The zero-order valence-corrected chi connectivity index (χ0v) is 12.8. The average molecular weight is 325 g/mol. The molecule has 0 aromatic carbocycles. The molecule has 1 atom stereocenters. The molecule has 1 N–H and O–H groups in total. The second-order valence-electron chi connectivity index (χ2n) is 4.20. The fourth-order valence-corrected chi connectivity index (χ4v) is 3.35. The van der Waals surface area contributed by atoms with E-state index in [0.29, 0.717) is 6.04 Å². The molecule has 2 rings (SSSR count). The molecule has 2 aromatic heterocycles. The lowest BCUT2D eigenvalue weighted by molar-refractivity contribution is 0.531. The molecule has 96 valence electrons. The van der Waals surface area contributed by atoms with Crippen LogP contribution in [0, 0.1) is 0 Å². The molecular formula is C14H17BrN2S. The van der Waals surface area contributed by atoms with Crippen molar-refractivity contribution >= 4 is 27.3 Å². The van der Waals surface area contributed by atoms with Crippen LogP contribution in [0.3, 0.4) is 0 Å². The van der Waals surface area contributed by atoms with Crippen molar-refractivity contribution in [1.82, 2.24) is 10.3 Å². The zero-order valence-electron chi connectivity index (χ0n) is 10.4. The molecular weight excluding hydrogens is 308 g/mol. The van der Waals surface area contributed by atoms with E-state index in [9.17, 15) is 0 Å². The summed E-state index contributed by atoms with van der Waals surface area (Å²) in [5.74, 6) is 0. The molecule has 0 fully saturated rings. The Bertz CT molecular complexity index is 470. The number of halogens is 1. The summed E-state index contributed by atoms with van der Waals surface area (Å²) in [6.45, 7) is 3.22. The smallest absolute Gasteiger partial charge is 0.0471 e. The fourth-order valence-electron chi connectivity index (χ4n) is 1.83. The maximum absolute atomic E-state index is 4.41. The second kappa shape index (κ2) is 7.02. The molecule has 0 bridgehead atoms. The summed E-state index contributed by atoms with van der Waals surface area (Å²) in [6.07, 6.45) is 3.94. The Morgan fingerprint density at radius 2 is 2.33 bits per heavy atom. The Kier molecular flexibility index (Phi) is 5.35. The monoisotopic (exact) mass is 324 g/mol. The zero-order chi connectivity index (χ0) is 12.8. The summed E-state index contributed by atoms with van der Waals surface area (Å²) < 4.78 is 1.16. The summed E-state index contributed by atoms with van der Waals surface area (Å²) in [7, 11) is 0. The van der Waals surface area contributed by atoms with Crippen molar-refractivity contribution in [2.24, 2.45) is 0 Å². The van der Waals surface area contributed by atoms with E-state index in [1.807, 2.05) is 18.3 Å². The fraction of sp³-hybridized carbons (Fsp3) is 0.357. The molecule has 0 amide bonds. The summed E-state index contributed by atoms with van der Waals surface area (Å²) in [5, 5.41) is 5.73. The predicted octanol–water partition coefficient (Wildman–Crippen LogP) is 4.19. The summed E-state index contributed by atoms with van der Waals surface area (Å²) in [4.78, 5) is 5.77. The highest BCUT2D eigenvalue weighted by Crippen LogP contribution is 2.27. The Morgan fingerprint density at radius 1 is 1.44 bits per heavy atom. The lowest BCUT2D eigenvalue weighted by Crippen LogP contribution is -2.23. The molecule has 1 unspecified atom stereocenters. The molecule has 0 aliphatic carbocycles. The minimum absolute atomic E-state index is 0.358. The van der Waals surface area contributed by atoms with Crippen LogP contribution in [-0.2, 0) is 6.42 Å². The first-order chi connectivity index (χ1) is 8.79. The van der Waals surface area contributed by atoms with E-state index < -0.39 is 0 Å². The van der Waals surface area contributed by atoms with Crippen LogP contribution in [0.15, 0.2) is 40.3 Å². The molecule has 0 spiro atoms. The first kappa shape index (κ1) is 13.7. The van der Waals surface area contributed by atoms with Gasteiger partial charge >= 0.3 is 0 Å². The van der Waals surface area contributed by atoms with Crippen LogP contribution in [0.2, 0.25) is 0 Å². The van der Waals surface area contributed by atoms with Gasteiger partial charge in [-0.2, -0.15) is 0 Å². The Labute approximate surface area is 121 Å². The van der Waals surface area contributed by atoms with E-state index >= 15 is 0 Å². The van der Waals surface area contributed by atoms with Crippen LogP contribution in [0.4, 0.5) is 0 Å². The standard InChI is InChI=1S/C14H17BrN2S/c1-2-6-17-13(14-8-11(15)10-18-14)9-12-5-3-4-7-16-12/h3-5,7-8,10,13,17H,2,6,9H2,1H3. The number of pyridine rings is 1. The van der Waals surface area contributed by atoms with Crippen LogP contribution in [0.1, 0.15) is 30.0 Å². The molecule has 0 aliphatic heterocycles. The average Bonchev–Trinajstić information content (AvgIpc) is 2.82. The van der Waals surface area contributed by atoms with Crippen LogP contribution in [0.25, 0.3) is 0 Å².